The summed E-state index contributed by atoms with van der Waals surface area (Å²) in [6.07, 6.45) is 55.0. The smallest absolute Gasteiger partial charge is 0.00670 e. The van der Waals surface area contributed by atoms with E-state index in [9.17, 15) is 0 Å². The van der Waals surface area contributed by atoms with Gasteiger partial charge in [0.2, 0.25) is 0 Å². The largest absolute Gasteiger partial charge is 0.320 e. The van der Waals surface area contributed by atoms with Gasteiger partial charge in [-0.15, -0.1) is 0 Å². The molecule has 0 bridgehead atoms. The quantitative estimate of drug-likeness (QED) is 0.0560. The van der Waals surface area contributed by atoms with Crippen molar-refractivity contribution >= 4 is 0 Å². The van der Waals surface area contributed by atoms with Gasteiger partial charge in [-0.05, 0) is 104 Å². The molecule has 0 aromatic rings. The van der Waals surface area contributed by atoms with Gasteiger partial charge in [-0.3, -0.25) is 0 Å². The Kier molecular flexibility index (Phi) is 37.9. The van der Waals surface area contributed by atoms with Crippen LogP contribution in [0.4, 0.5) is 0 Å². The minimum absolute atomic E-state index is 0.730. The minimum atomic E-state index is 0.730. The predicted molar refractivity (Wildman–Crippen MR) is 198 cm³/mol. The van der Waals surface area contributed by atoms with Crippen LogP contribution < -0.4 is 10.6 Å². The zero-order valence-corrected chi connectivity index (χ0v) is 29.7. The third-order valence-electron chi connectivity index (χ3n) is 8.54. The van der Waals surface area contributed by atoms with Crippen LogP contribution in [-0.2, 0) is 0 Å². The molecule has 0 heterocycles. The van der Waals surface area contributed by atoms with Crippen molar-refractivity contribution in [3.05, 3.63) is 48.6 Å². The van der Waals surface area contributed by atoms with Gasteiger partial charge in [-0.2, -0.15) is 0 Å². The molecule has 252 valence electrons. The van der Waals surface area contributed by atoms with E-state index in [4.69, 9.17) is 0 Å². The van der Waals surface area contributed by atoms with Crippen LogP contribution in [0.5, 0.6) is 0 Å². The monoisotopic (exact) mass is 599 g/mol. The van der Waals surface area contributed by atoms with E-state index < -0.39 is 0 Å². The highest BCUT2D eigenvalue weighted by atomic mass is 14.9. The molecular formula is C41H78N2. The van der Waals surface area contributed by atoms with Crippen molar-refractivity contribution in [2.24, 2.45) is 0 Å². The molecule has 0 unspecified atom stereocenters. The SMILES string of the molecule is CCCCC/C=C\C/C=C\CCCCCCCCC(CCCCCCCC/C=C\C/C=C\CCCCC)NCCCNC. The second kappa shape index (κ2) is 38.9. The molecule has 0 aliphatic carbocycles. The molecule has 0 spiro atoms. The summed E-state index contributed by atoms with van der Waals surface area (Å²) in [6, 6.07) is 0.730. The molecule has 2 heteroatoms. The maximum absolute atomic E-state index is 3.89. The minimum Gasteiger partial charge on any atom is -0.320 e. The summed E-state index contributed by atoms with van der Waals surface area (Å²) in [7, 11) is 2.06. The highest BCUT2D eigenvalue weighted by Gasteiger charge is 2.07. The molecular weight excluding hydrogens is 520 g/mol. The van der Waals surface area contributed by atoms with Crippen LogP contribution in [0.2, 0.25) is 0 Å². The molecule has 0 saturated heterocycles. The summed E-state index contributed by atoms with van der Waals surface area (Å²) in [5, 5.41) is 7.18. The third kappa shape index (κ3) is 37.0. The first-order chi connectivity index (χ1) is 21.3. The summed E-state index contributed by atoms with van der Waals surface area (Å²) in [4.78, 5) is 0. The van der Waals surface area contributed by atoms with Gasteiger partial charge in [0.05, 0.1) is 0 Å². The fourth-order valence-corrected chi connectivity index (χ4v) is 5.68. The molecule has 0 atom stereocenters. The molecule has 0 fully saturated rings. The van der Waals surface area contributed by atoms with Crippen molar-refractivity contribution in [3.8, 4) is 0 Å². The average Bonchev–Trinajstić information content (AvgIpc) is 3.02. The Bertz CT molecular complexity index is 569. The number of unbranched alkanes of at least 4 members (excludes halogenated alkanes) is 18. The van der Waals surface area contributed by atoms with Crippen molar-refractivity contribution in [3.63, 3.8) is 0 Å². The van der Waals surface area contributed by atoms with Gasteiger partial charge in [0.1, 0.15) is 0 Å². The Balaban J connectivity index is 3.76. The standard InChI is InChI=1S/C41H78N2/c1-4-6-8-10-12-14-16-18-20-22-24-26-28-30-32-34-37-41(43-40-36-39-42-3)38-35-33-31-29-27-25-23-21-19-17-15-13-11-9-7-5-2/h12-15,18-21,41-43H,4-11,16-17,22-40H2,1-3H3/b14-12-,15-13-,20-18-,21-19-. The molecule has 0 saturated carbocycles. The van der Waals surface area contributed by atoms with Gasteiger partial charge in [0, 0.05) is 6.04 Å². The first-order valence-electron chi connectivity index (χ1n) is 19.3. The van der Waals surface area contributed by atoms with Crippen LogP contribution in [0.1, 0.15) is 187 Å². The van der Waals surface area contributed by atoms with Crippen LogP contribution in [0.3, 0.4) is 0 Å². The molecule has 2 nitrogen and oxygen atoms in total. The number of rotatable bonds is 35. The Morgan fingerprint density at radius 2 is 0.767 bits per heavy atom. The number of hydrogen-bond acceptors (Lipinski definition) is 2. The maximum atomic E-state index is 3.89. The lowest BCUT2D eigenvalue weighted by atomic mass is 9.99. The lowest BCUT2D eigenvalue weighted by Gasteiger charge is -2.19. The summed E-state index contributed by atoms with van der Waals surface area (Å²) >= 11 is 0. The van der Waals surface area contributed by atoms with E-state index >= 15 is 0 Å². The van der Waals surface area contributed by atoms with Gasteiger partial charge in [0.25, 0.3) is 0 Å². The number of allylic oxidation sites excluding steroid dienone is 8. The topological polar surface area (TPSA) is 24.1 Å². The van der Waals surface area contributed by atoms with Crippen LogP contribution in [-0.4, -0.2) is 26.2 Å². The zero-order valence-electron chi connectivity index (χ0n) is 29.7. The van der Waals surface area contributed by atoms with Gasteiger partial charge < -0.3 is 10.6 Å². The van der Waals surface area contributed by atoms with Crippen molar-refractivity contribution in [1.82, 2.24) is 10.6 Å². The van der Waals surface area contributed by atoms with Crippen molar-refractivity contribution in [1.29, 1.82) is 0 Å². The Morgan fingerprint density at radius 3 is 1.16 bits per heavy atom. The van der Waals surface area contributed by atoms with E-state index in [1.54, 1.807) is 0 Å². The molecule has 2 N–H and O–H groups in total. The fourth-order valence-electron chi connectivity index (χ4n) is 5.68. The lowest BCUT2D eigenvalue weighted by molar-refractivity contribution is 0.408. The molecule has 0 radical (unpaired) electrons. The summed E-state index contributed by atoms with van der Waals surface area (Å²) < 4.78 is 0. The molecule has 0 rings (SSSR count). The molecule has 43 heavy (non-hydrogen) atoms. The van der Waals surface area contributed by atoms with E-state index in [1.807, 2.05) is 0 Å². The number of hydrogen-bond donors (Lipinski definition) is 2. The van der Waals surface area contributed by atoms with Crippen molar-refractivity contribution in [2.75, 3.05) is 20.1 Å². The van der Waals surface area contributed by atoms with Gasteiger partial charge >= 0.3 is 0 Å². The van der Waals surface area contributed by atoms with Crippen LogP contribution in [0.25, 0.3) is 0 Å². The summed E-state index contributed by atoms with van der Waals surface area (Å²) in [5.41, 5.74) is 0. The molecule has 0 aromatic heterocycles. The Labute approximate surface area is 272 Å². The van der Waals surface area contributed by atoms with E-state index in [1.165, 1.54) is 161 Å². The summed E-state index contributed by atoms with van der Waals surface area (Å²) in [5.74, 6) is 0. The zero-order chi connectivity index (χ0) is 31.2. The second-order valence-corrected chi connectivity index (χ2v) is 12.9. The van der Waals surface area contributed by atoms with Crippen molar-refractivity contribution < 1.29 is 0 Å². The molecule has 0 aliphatic heterocycles. The Hall–Kier alpha value is -1.12. The normalized spacial score (nSPS) is 12.5. The predicted octanol–water partition coefficient (Wildman–Crippen LogP) is 13.0. The van der Waals surface area contributed by atoms with E-state index in [-0.39, 0.29) is 0 Å². The van der Waals surface area contributed by atoms with E-state index in [0.717, 1.165) is 32.0 Å². The van der Waals surface area contributed by atoms with E-state index in [0.29, 0.717) is 0 Å². The van der Waals surface area contributed by atoms with Gasteiger partial charge in [0.15, 0.2) is 0 Å². The Morgan fingerprint density at radius 1 is 0.395 bits per heavy atom. The van der Waals surface area contributed by atoms with Crippen molar-refractivity contribution in [2.45, 2.75) is 193 Å². The van der Waals surface area contributed by atoms with Gasteiger partial charge in [-0.25, -0.2) is 0 Å². The van der Waals surface area contributed by atoms with Crippen LogP contribution >= 0.6 is 0 Å². The first-order valence-corrected chi connectivity index (χ1v) is 19.3. The van der Waals surface area contributed by atoms with E-state index in [2.05, 4.69) is 80.1 Å². The second-order valence-electron chi connectivity index (χ2n) is 12.9. The molecule has 0 aromatic carbocycles. The maximum Gasteiger partial charge on any atom is 0.00670 e. The first kappa shape index (κ1) is 41.9. The third-order valence-corrected chi connectivity index (χ3v) is 8.54. The van der Waals surface area contributed by atoms with Crippen LogP contribution in [0, 0.1) is 0 Å². The lowest BCUT2D eigenvalue weighted by Crippen LogP contribution is -2.31. The van der Waals surface area contributed by atoms with Gasteiger partial charge in [-0.1, -0.05) is 152 Å². The highest BCUT2D eigenvalue weighted by Crippen LogP contribution is 2.15. The molecule has 0 aliphatic rings. The van der Waals surface area contributed by atoms with Crippen LogP contribution in [0.15, 0.2) is 48.6 Å². The summed E-state index contributed by atoms with van der Waals surface area (Å²) in [6.45, 7) is 6.83. The average molecular weight is 599 g/mol. The molecule has 0 amide bonds. The highest BCUT2D eigenvalue weighted by molar-refractivity contribution is 4.93. The fraction of sp³-hybridized carbons (Fsp3) is 0.805. The number of nitrogens with one attached hydrogen (secondary N) is 2.